The lowest BCUT2D eigenvalue weighted by molar-refractivity contribution is 0.247. The van der Waals surface area contributed by atoms with E-state index in [-0.39, 0.29) is 6.03 Å². The van der Waals surface area contributed by atoms with Gasteiger partial charge in [-0.3, -0.25) is 9.71 Å². The fraction of sp³-hybridized carbons (Fsp3) is 0.133. The van der Waals surface area contributed by atoms with E-state index in [2.05, 4.69) is 26.3 Å². The molecule has 0 atom stereocenters. The van der Waals surface area contributed by atoms with E-state index in [0.717, 1.165) is 10.5 Å². The summed E-state index contributed by atoms with van der Waals surface area (Å²) in [6.45, 7) is 4.04. The van der Waals surface area contributed by atoms with Gasteiger partial charge >= 0.3 is 6.03 Å². The van der Waals surface area contributed by atoms with E-state index < -0.39 is 0 Å². The molecule has 0 radical (unpaired) electrons. The van der Waals surface area contributed by atoms with E-state index >= 15 is 0 Å². The molecule has 0 saturated heterocycles. The van der Waals surface area contributed by atoms with Crippen LogP contribution in [-0.4, -0.2) is 17.2 Å². The first-order valence-corrected chi connectivity index (χ1v) is 7.21. The van der Waals surface area contributed by atoms with Crippen molar-refractivity contribution in [3.63, 3.8) is 0 Å². The number of amides is 2. The first-order valence-electron chi connectivity index (χ1n) is 6.39. The van der Waals surface area contributed by atoms with Gasteiger partial charge in [0.05, 0.1) is 11.9 Å². The van der Waals surface area contributed by atoms with Gasteiger partial charge in [-0.05, 0) is 49.6 Å². The smallest absolute Gasteiger partial charge is 0.276 e. The lowest BCUT2D eigenvalue weighted by Crippen LogP contribution is -2.27. The molecular weight excluding hydrogens is 284 g/mol. The summed E-state index contributed by atoms with van der Waals surface area (Å²) in [5.41, 5.74) is 5.39. The second-order valence-corrected chi connectivity index (χ2v) is 5.27. The minimum Gasteiger partial charge on any atom is -0.276 e. The number of hydrogen-bond donors (Lipinski definition) is 2. The van der Waals surface area contributed by atoms with Crippen LogP contribution in [0.5, 0.6) is 0 Å². The summed E-state index contributed by atoms with van der Waals surface area (Å²) in [4.78, 5) is 16.7. The largest absolute Gasteiger partial charge is 0.345 e. The lowest BCUT2D eigenvalue weighted by Gasteiger charge is -2.06. The number of nitrogens with zero attached hydrogens (tertiary/aromatic N) is 2. The molecule has 2 rings (SSSR count). The van der Waals surface area contributed by atoms with E-state index in [1.165, 1.54) is 23.7 Å². The van der Waals surface area contributed by atoms with Crippen LogP contribution in [-0.2, 0) is 0 Å². The zero-order valence-corrected chi connectivity index (χ0v) is 12.6. The van der Waals surface area contributed by atoms with E-state index in [9.17, 15) is 4.79 Å². The summed E-state index contributed by atoms with van der Waals surface area (Å²) >= 11 is 1.26. The average Bonchev–Trinajstić information content (AvgIpc) is 2.47. The summed E-state index contributed by atoms with van der Waals surface area (Å²) in [6.07, 6.45) is 3.15. The second kappa shape index (κ2) is 7.44. The van der Waals surface area contributed by atoms with Crippen LogP contribution >= 0.6 is 11.9 Å². The number of hydrazone groups is 1. The van der Waals surface area contributed by atoms with Gasteiger partial charge in [0.2, 0.25) is 0 Å². The van der Waals surface area contributed by atoms with Crippen LogP contribution in [0.4, 0.5) is 4.79 Å². The molecule has 2 amide bonds. The van der Waals surface area contributed by atoms with Gasteiger partial charge < -0.3 is 0 Å². The highest BCUT2D eigenvalue weighted by atomic mass is 32.2. The third kappa shape index (κ3) is 4.92. The molecule has 5 nitrogen and oxygen atoms in total. The monoisotopic (exact) mass is 300 g/mol. The maximum absolute atomic E-state index is 11.6. The number of urea groups is 1. The van der Waals surface area contributed by atoms with Gasteiger partial charge in [-0.25, -0.2) is 10.2 Å². The SMILES string of the molecule is Cc1ccc(SNC(=O)N/N=C/c2ccccn2)c(C)c1. The lowest BCUT2D eigenvalue weighted by atomic mass is 10.2. The van der Waals surface area contributed by atoms with Gasteiger partial charge in [0.15, 0.2) is 0 Å². The summed E-state index contributed by atoms with van der Waals surface area (Å²) in [5, 5.41) is 3.83. The quantitative estimate of drug-likeness (QED) is 0.518. The molecule has 1 heterocycles. The minimum atomic E-state index is -0.382. The van der Waals surface area contributed by atoms with Crippen LogP contribution in [0.15, 0.2) is 52.6 Å². The van der Waals surface area contributed by atoms with Crippen LogP contribution in [0.1, 0.15) is 16.8 Å². The third-order valence-corrected chi connectivity index (χ3v) is 3.60. The molecule has 0 unspecified atom stereocenters. The molecule has 0 aliphatic carbocycles. The molecule has 6 heteroatoms. The predicted octanol–water partition coefficient (Wildman–Crippen LogP) is 3.04. The van der Waals surface area contributed by atoms with Crippen LogP contribution in [0.25, 0.3) is 0 Å². The number of carbonyl (C=O) groups excluding carboxylic acids is 1. The number of aromatic nitrogens is 1. The normalized spacial score (nSPS) is 10.6. The molecule has 0 aliphatic heterocycles. The zero-order valence-electron chi connectivity index (χ0n) is 11.8. The van der Waals surface area contributed by atoms with Gasteiger partial charge in [0, 0.05) is 11.1 Å². The molecule has 0 bridgehead atoms. The molecule has 2 N–H and O–H groups in total. The Morgan fingerprint density at radius 1 is 1.29 bits per heavy atom. The Balaban J connectivity index is 1.81. The van der Waals surface area contributed by atoms with Crippen molar-refractivity contribution in [1.82, 2.24) is 15.1 Å². The highest BCUT2D eigenvalue weighted by molar-refractivity contribution is 7.98. The van der Waals surface area contributed by atoms with Gasteiger partial charge in [-0.1, -0.05) is 23.8 Å². The van der Waals surface area contributed by atoms with Crippen molar-refractivity contribution in [1.29, 1.82) is 0 Å². The minimum absolute atomic E-state index is 0.382. The van der Waals surface area contributed by atoms with Crippen molar-refractivity contribution in [3.05, 3.63) is 59.4 Å². The molecule has 2 aromatic rings. The fourth-order valence-electron chi connectivity index (χ4n) is 1.65. The summed E-state index contributed by atoms with van der Waals surface area (Å²) in [7, 11) is 0. The Labute approximate surface area is 128 Å². The van der Waals surface area contributed by atoms with Gasteiger partial charge in [-0.2, -0.15) is 5.10 Å². The van der Waals surface area contributed by atoms with Crippen molar-refractivity contribution in [2.75, 3.05) is 0 Å². The average molecular weight is 300 g/mol. The van der Waals surface area contributed by atoms with Gasteiger partial charge in [-0.15, -0.1) is 0 Å². The van der Waals surface area contributed by atoms with Gasteiger partial charge in [0.1, 0.15) is 0 Å². The molecular formula is C15H16N4OS. The van der Waals surface area contributed by atoms with E-state index in [0.29, 0.717) is 5.69 Å². The maximum atomic E-state index is 11.6. The number of hydrogen-bond acceptors (Lipinski definition) is 4. The molecule has 0 spiro atoms. The Morgan fingerprint density at radius 2 is 2.14 bits per heavy atom. The molecule has 0 saturated carbocycles. The number of pyridine rings is 1. The summed E-state index contributed by atoms with van der Waals surface area (Å²) < 4.78 is 2.68. The highest BCUT2D eigenvalue weighted by Crippen LogP contribution is 2.20. The van der Waals surface area contributed by atoms with Gasteiger partial charge in [0.25, 0.3) is 0 Å². The standard InChI is InChI=1S/C15H16N4OS/c1-11-6-7-14(12(2)9-11)21-19-15(20)18-17-10-13-5-3-4-8-16-13/h3-10H,1-2H3,(H2,18,19,20)/b17-10+. The number of benzene rings is 1. The Kier molecular flexibility index (Phi) is 5.34. The van der Waals surface area contributed by atoms with E-state index in [1.54, 1.807) is 12.3 Å². The Morgan fingerprint density at radius 3 is 2.86 bits per heavy atom. The van der Waals surface area contributed by atoms with Crippen molar-refractivity contribution < 1.29 is 4.79 Å². The molecule has 21 heavy (non-hydrogen) atoms. The van der Waals surface area contributed by atoms with Crippen molar-refractivity contribution >= 4 is 24.2 Å². The number of aryl methyl sites for hydroxylation is 2. The third-order valence-electron chi connectivity index (χ3n) is 2.63. The fourth-order valence-corrected chi connectivity index (χ4v) is 2.25. The Bertz CT molecular complexity index is 643. The topological polar surface area (TPSA) is 66.4 Å². The predicted molar refractivity (Wildman–Crippen MR) is 85.3 cm³/mol. The molecule has 108 valence electrons. The van der Waals surface area contributed by atoms with Crippen molar-refractivity contribution in [2.45, 2.75) is 18.7 Å². The van der Waals surface area contributed by atoms with E-state index in [1.807, 2.05) is 38.1 Å². The molecule has 1 aromatic carbocycles. The summed E-state index contributed by atoms with van der Waals surface area (Å²) in [5.74, 6) is 0. The summed E-state index contributed by atoms with van der Waals surface area (Å²) in [6, 6.07) is 11.1. The Hall–Kier alpha value is -2.34. The number of carbonyl (C=O) groups is 1. The zero-order chi connectivity index (χ0) is 15.1. The van der Waals surface area contributed by atoms with Crippen LogP contribution in [0, 0.1) is 13.8 Å². The van der Waals surface area contributed by atoms with Crippen molar-refractivity contribution in [2.24, 2.45) is 5.10 Å². The molecule has 0 aliphatic rings. The van der Waals surface area contributed by atoms with Crippen LogP contribution < -0.4 is 10.1 Å². The van der Waals surface area contributed by atoms with Crippen LogP contribution in [0.3, 0.4) is 0 Å². The van der Waals surface area contributed by atoms with Crippen LogP contribution in [0.2, 0.25) is 0 Å². The van der Waals surface area contributed by atoms with Crippen molar-refractivity contribution in [3.8, 4) is 0 Å². The number of rotatable bonds is 4. The first kappa shape index (κ1) is 15.1. The molecule has 0 fully saturated rings. The maximum Gasteiger partial charge on any atom is 0.345 e. The van der Waals surface area contributed by atoms with E-state index in [4.69, 9.17) is 0 Å². The highest BCUT2D eigenvalue weighted by Gasteiger charge is 2.02. The number of nitrogens with one attached hydrogen (secondary N) is 2. The first-order chi connectivity index (χ1) is 10.1. The molecule has 1 aromatic heterocycles. The second-order valence-electron chi connectivity index (χ2n) is 4.43.